The van der Waals surface area contributed by atoms with E-state index in [0.29, 0.717) is 11.8 Å². The third-order valence-corrected chi connectivity index (χ3v) is 13.1. The second kappa shape index (κ2) is 16.1. The van der Waals surface area contributed by atoms with Gasteiger partial charge < -0.3 is 14.4 Å². The molecular weight excluding hydrogens is 887 g/mol. The predicted octanol–water partition coefficient (Wildman–Crippen LogP) is 13.4. The Morgan fingerprint density at radius 3 is 1.96 bits per heavy atom. The van der Waals surface area contributed by atoms with Gasteiger partial charge in [0, 0.05) is 43.4 Å². The van der Waals surface area contributed by atoms with Gasteiger partial charge in [-0.3, -0.25) is 0 Å². The second-order valence-corrected chi connectivity index (χ2v) is 22.9. The van der Waals surface area contributed by atoms with E-state index >= 15 is 0 Å². The van der Waals surface area contributed by atoms with E-state index in [1.807, 2.05) is 42.7 Å². The molecule has 55 heavy (non-hydrogen) atoms. The molecule has 8 rings (SSSR count). The molecule has 283 valence electrons. The van der Waals surface area contributed by atoms with Gasteiger partial charge in [0.2, 0.25) is 0 Å². The van der Waals surface area contributed by atoms with Crippen LogP contribution in [0.4, 0.5) is 0 Å². The van der Waals surface area contributed by atoms with Crippen LogP contribution < -0.4 is 5.19 Å². The maximum Gasteiger partial charge on any atom is 0.148 e. The van der Waals surface area contributed by atoms with Crippen molar-refractivity contribution in [2.75, 3.05) is 0 Å². The zero-order chi connectivity index (χ0) is 38.4. The maximum atomic E-state index is 6.63. The summed E-state index contributed by atoms with van der Waals surface area (Å²) < 4.78 is 7.76. The molecule has 0 aliphatic carbocycles. The zero-order valence-electron chi connectivity index (χ0n) is 33.5. The van der Waals surface area contributed by atoms with Crippen LogP contribution in [-0.2, 0) is 25.5 Å². The number of pyridine rings is 2. The molecule has 1 radical (unpaired) electrons. The number of hydrogen-bond acceptors (Lipinski definition) is 5. The van der Waals surface area contributed by atoms with Crippen molar-refractivity contribution in [3.63, 3.8) is 0 Å². The third-order valence-electron chi connectivity index (χ3n) is 10.0. The fraction of sp³-hybridized carbons (Fsp3) is 0.271. The standard InChI is InChI=1S/C34H33N2OS.C14H16NSi.Ir/c1-19(2)22-10-8-11-23(20(3)4)29(22)33-36-30-28(38-33)17-15-25-24-12-9-13-26(31(24)37-32(25)30)27-16-14-21(18-35-27)34(5,6)7;1-16(2,3)13-9-10-14(15-11-13)12-7-5-4-6-8-12;/h8-12,14-20H,1-7H3;4-7,9-11H,1-3H3;/q2*-1;. The zero-order valence-corrected chi connectivity index (χ0v) is 37.7. The van der Waals surface area contributed by atoms with Crippen molar-refractivity contribution in [2.45, 2.75) is 85.4 Å². The summed E-state index contributed by atoms with van der Waals surface area (Å²) in [6.07, 6.45) is 3.98. The molecule has 0 amide bonds. The monoisotopic (exact) mass is 936 g/mol. The SMILES string of the molecule is CC(C)c1cccc(C(C)C)c1-c1nc2c(ccc3c4cc[c-]c(-c5ccc(C(C)(C)C)cn5)c4oc32)s1.C[Si](C)(C)c1ccc(-c2[c-]cccc2)nc1.[Ir]. The van der Waals surface area contributed by atoms with Crippen LogP contribution in [0, 0.1) is 12.1 Å². The smallest absolute Gasteiger partial charge is 0.148 e. The Hall–Kier alpha value is -4.26. The van der Waals surface area contributed by atoms with E-state index in [4.69, 9.17) is 14.4 Å². The van der Waals surface area contributed by atoms with Gasteiger partial charge in [-0.25, -0.2) is 4.98 Å². The summed E-state index contributed by atoms with van der Waals surface area (Å²) in [4.78, 5) is 14.5. The van der Waals surface area contributed by atoms with Crippen LogP contribution in [0.3, 0.4) is 0 Å². The van der Waals surface area contributed by atoms with Crippen LogP contribution in [0.1, 0.15) is 77.0 Å². The quantitative estimate of drug-likeness (QED) is 0.123. The number of fused-ring (bicyclic) bond motifs is 5. The van der Waals surface area contributed by atoms with Gasteiger partial charge in [-0.2, -0.15) is 0 Å². The van der Waals surface area contributed by atoms with Gasteiger partial charge in [-0.15, -0.1) is 65.4 Å². The first-order chi connectivity index (χ1) is 25.7. The Morgan fingerprint density at radius 2 is 1.38 bits per heavy atom. The van der Waals surface area contributed by atoms with Gasteiger partial charge in [-0.1, -0.05) is 128 Å². The molecule has 8 aromatic rings. The molecule has 0 saturated carbocycles. The Balaban J connectivity index is 0.000000254. The molecule has 7 heteroatoms. The van der Waals surface area contributed by atoms with Gasteiger partial charge >= 0.3 is 0 Å². The summed E-state index contributed by atoms with van der Waals surface area (Å²) in [7, 11) is -1.23. The maximum absolute atomic E-state index is 6.63. The number of nitrogens with zero attached hydrogens (tertiary/aromatic N) is 3. The minimum atomic E-state index is -1.23. The van der Waals surface area contributed by atoms with Crippen molar-refractivity contribution < 1.29 is 24.5 Å². The molecular formula is C48H49IrN3OSSi-2. The summed E-state index contributed by atoms with van der Waals surface area (Å²) in [6, 6.07) is 38.1. The molecule has 4 nitrogen and oxygen atoms in total. The fourth-order valence-electron chi connectivity index (χ4n) is 6.82. The molecule has 4 heterocycles. The second-order valence-electron chi connectivity index (χ2n) is 16.8. The number of aromatic nitrogens is 3. The fourth-order valence-corrected chi connectivity index (χ4v) is 8.91. The van der Waals surface area contributed by atoms with Gasteiger partial charge in [0.05, 0.1) is 18.4 Å². The van der Waals surface area contributed by atoms with E-state index in [0.717, 1.165) is 59.7 Å². The molecule has 0 atom stereocenters. The number of hydrogen-bond donors (Lipinski definition) is 0. The van der Waals surface area contributed by atoms with Crippen LogP contribution >= 0.6 is 11.3 Å². The average molecular weight is 936 g/mol. The van der Waals surface area contributed by atoms with E-state index in [-0.39, 0.29) is 25.5 Å². The largest absolute Gasteiger partial charge is 0.498 e. The first kappa shape index (κ1) is 40.4. The molecule has 0 aliphatic heterocycles. The van der Waals surface area contributed by atoms with Gasteiger partial charge in [0.25, 0.3) is 0 Å². The van der Waals surface area contributed by atoms with Crippen molar-refractivity contribution in [3.05, 3.63) is 132 Å². The molecule has 4 aromatic carbocycles. The molecule has 0 N–H and O–H groups in total. The van der Waals surface area contributed by atoms with Crippen LogP contribution in [0.5, 0.6) is 0 Å². The van der Waals surface area contributed by atoms with Crippen LogP contribution in [0.25, 0.3) is 65.2 Å². The van der Waals surface area contributed by atoms with Crippen molar-refractivity contribution in [2.24, 2.45) is 0 Å². The van der Waals surface area contributed by atoms with Crippen LogP contribution in [0.2, 0.25) is 19.6 Å². The van der Waals surface area contributed by atoms with E-state index in [2.05, 4.69) is 146 Å². The normalized spacial score (nSPS) is 12.0. The van der Waals surface area contributed by atoms with Crippen molar-refractivity contribution in [1.82, 2.24) is 15.0 Å². The van der Waals surface area contributed by atoms with E-state index < -0.39 is 8.07 Å². The number of rotatable bonds is 6. The van der Waals surface area contributed by atoms with Crippen LogP contribution in [0.15, 0.2) is 108 Å². The first-order valence-corrected chi connectivity index (χ1v) is 23.2. The molecule has 0 spiro atoms. The number of furan rings is 1. The summed E-state index contributed by atoms with van der Waals surface area (Å²) >= 11 is 1.75. The topological polar surface area (TPSA) is 51.8 Å². The van der Waals surface area contributed by atoms with Gasteiger partial charge in [-0.05, 0) is 56.6 Å². The third kappa shape index (κ3) is 8.32. The van der Waals surface area contributed by atoms with E-state index in [9.17, 15) is 0 Å². The predicted molar refractivity (Wildman–Crippen MR) is 233 cm³/mol. The Labute approximate surface area is 344 Å². The Morgan fingerprint density at radius 1 is 0.691 bits per heavy atom. The van der Waals surface area contributed by atoms with Crippen LogP contribution in [-0.4, -0.2) is 23.0 Å². The van der Waals surface area contributed by atoms with Crippen molar-refractivity contribution in [1.29, 1.82) is 0 Å². The molecule has 0 fully saturated rings. The summed E-state index contributed by atoms with van der Waals surface area (Å²) in [5, 5.41) is 4.60. The summed E-state index contributed by atoms with van der Waals surface area (Å²) in [5.74, 6) is 0.828. The molecule has 4 aromatic heterocycles. The number of thiazole rings is 1. The average Bonchev–Trinajstić information content (AvgIpc) is 3.76. The minimum Gasteiger partial charge on any atom is -0.498 e. The molecule has 0 unspecified atom stereocenters. The van der Waals surface area contributed by atoms with Gasteiger partial charge in [0.1, 0.15) is 16.1 Å². The minimum absolute atomic E-state index is 0. The number of benzene rings is 4. The summed E-state index contributed by atoms with van der Waals surface area (Å²) in [5.41, 5.74) is 11.6. The molecule has 0 saturated heterocycles. The summed E-state index contributed by atoms with van der Waals surface area (Å²) in [6.45, 7) is 22.6. The first-order valence-electron chi connectivity index (χ1n) is 18.9. The molecule has 0 bridgehead atoms. The van der Waals surface area contributed by atoms with Crippen molar-refractivity contribution in [3.8, 4) is 33.1 Å². The van der Waals surface area contributed by atoms with E-state index in [1.165, 1.54) is 27.4 Å². The Bertz CT molecular complexity index is 2530. The van der Waals surface area contributed by atoms with Gasteiger partial charge in [0.15, 0.2) is 0 Å². The molecule has 0 aliphatic rings. The van der Waals surface area contributed by atoms with E-state index in [1.54, 1.807) is 11.3 Å². The Kier molecular flexibility index (Phi) is 11.8. The van der Waals surface area contributed by atoms with Crippen molar-refractivity contribution >= 4 is 56.8 Å².